The number of anilines is 1. The average Bonchev–Trinajstić information content (AvgIpc) is 2.46. The number of benzene rings is 2. The number of aromatic nitrogens is 1. The molecule has 0 unspecified atom stereocenters. The third-order valence-corrected chi connectivity index (χ3v) is 3.21. The number of non-ortho nitro benzene ring substituents is 2. The lowest BCUT2D eigenvalue weighted by molar-refractivity contribution is -0.384. The van der Waals surface area contributed by atoms with Gasteiger partial charge in [0.2, 0.25) is 0 Å². The van der Waals surface area contributed by atoms with E-state index in [4.69, 9.17) is 5.73 Å². The molecule has 2 aromatic carbocycles. The molecule has 0 aliphatic carbocycles. The zero-order chi connectivity index (χ0) is 15.1. The van der Waals surface area contributed by atoms with Crippen LogP contribution in [0.2, 0.25) is 0 Å². The van der Waals surface area contributed by atoms with Crippen molar-refractivity contribution in [2.24, 2.45) is 0 Å². The van der Waals surface area contributed by atoms with E-state index in [2.05, 4.69) is 4.98 Å². The van der Waals surface area contributed by atoms with Crippen LogP contribution in [0.3, 0.4) is 0 Å². The Kier molecular flexibility index (Phi) is 2.65. The van der Waals surface area contributed by atoms with Gasteiger partial charge in [0.05, 0.1) is 26.6 Å². The minimum Gasteiger partial charge on any atom is -0.397 e. The summed E-state index contributed by atoms with van der Waals surface area (Å²) in [5.41, 5.74) is 6.60. The molecular formula is C13H8N4O4. The van der Waals surface area contributed by atoms with Crippen LogP contribution in [-0.4, -0.2) is 14.8 Å². The predicted molar refractivity (Wildman–Crippen MR) is 77.0 cm³/mol. The Morgan fingerprint density at radius 2 is 1.76 bits per heavy atom. The van der Waals surface area contributed by atoms with Crippen LogP contribution in [0.25, 0.3) is 21.8 Å². The van der Waals surface area contributed by atoms with Crippen molar-refractivity contribution in [3.05, 3.63) is 56.6 Å². The Morgan fingerprint density at radius 1 is 1.00 bits per heavy atom. The van der Waals surface area contributed by atoms with Gasteiger partial charge in [-0.1, -0.05) is 6.07 Å². The Balaban J connectivity index is 2.46. The molecule has 104 valence electrons. The molecule has 8 nitrogen and oxygen atoms in total. The van der Waals surface area contributed by atoms with Gasteiger partial charge in [0.15, 0.2) is 0 Å². The van der Waals surface area contributed by atoms with Crippen LogP contribution < -0.4 is 5.73 Å². The standard InChI is InChI=1S/C13H8N4O4/c14-13-8-5-4-7(16(18)19)6-10(8)15-9-2-1-3-11(12(9)13)17(20)21/h1-6H,(H2,14,15). The molecule has 8 heteroatoms. The maximum atomic E-state index is 11.1. The topological polar surface area (TPSA) is 125 Å². The number of nitrogens with two attached hydrogens (primary N) is 1. The summed E-state index contributed by atoms with van der Waals surface area (Å²) in [6.45, 7) is 0. The van der Waals surface area contributed by atoms with Crippen molar-refractivity contribution in [1.82, 2.24) is 4.98 Å². The van der Waals surface area contributed by atoms with Gasteiger partial charge in [-0.25, -0.2) is 4.98 Å². The van der Waals surface area contributed by atoms with Gasteiger partial charge in [-0.15, -0.1) is 0 Å². The Morgan fingerprint density at radius 3 is 2.43 bits per heavy atom. The van der Waals surface area contributed by atoms with Crippen molar-refractivity contribution < 1.29 is 9.85 Å². The van der Waals surface area contributed by atoms with Gasteiger partial charge in [0.1, 0.15) is 5.39 Å². The molecule has 3 aromatic rings. The molecular weight excluding hydrogens is 276 g/mol. The van der Waals surface area contributed by atoms with Crippen molar-refractivity contribution in [3.8, 4) is 0 Å². The van der Waals surface area contributed by atoms with Crippen molar-refractivity contribution >= 4 is 38.9 Å². The number of nitro groups is 2. The molecule has 3 rings (SSSR count). The van der Waals surface area contributed by atoms with E-state index in [1.807, 2.05) is 0 Å². The zero-order valence-corrected chi connectivity index (χ0v) is 10.5. The van der Waals surface area contributed by atoms with E-state index < -0.39 is 9.85 Å². The van der Waals surface area contributed by atoms with Gasteiger partial charge in [-0.3, -0.25) is 20.2 Å². The summed E-state index contributed by atoms with van der Waals surface area (Å²) in [5.74, 6) is 0. The lowest BCUT2D eigenvalue weighted by atomic mass is 10.1. The molecule has 21 heavy (non-hydrogen) atoms. The van der Waals surface area contributed by atoms with Crippen LogP contribution in [0.5, 0.6) is 0 Å². The second kappa shape index (κ2) is 4.37. The first-order valence-corrected chi connectivity index (χ1v) is 5.90. The van der Waals surface area contributed by atoms with E-state index in [0.717, 1.165) is 0 Å². The molecule has 0 radical (unpaired) electrons. The summed E-state index contributed by atoms with van der Waals surface area (Å²) in [6.07, 6.45) is 0. The molecule has 0 atom stereocenters. The Bertz CT molecular complexity index is 922. The SMILES string of the molecule is Nc1c2ccc([N+](=O)[O-])cc2nc2cccc([N+](=O)[O-])c12. The normalized spacial score (nSPS) is 10.9. The average molecular weight is 284 g/mol. The van der Waals surface area contributed by atoms with Crippen molar-refractivity contribution in [2.75, 3.05) is 5.73 Å². The summed E-state index contributed by atoms with van der Waals surface area (Å²) in [5, 5.41) is 22.6. The van der Waals surface area contributed by atoms with Gasteiger partial charge >= 0.3 is 0 Å². The van der Waals surface area contributed by atoms with Crippen LogP contribution in [0.1, 0.15) is 0 Å². The van der Waals surface area contributed by atoms with E-state index >= 15 is 0 Å². The van der Waals surface area contributed by atoms with Crippen molar-refractivity contribution in [3.63, 3.8) is 0 Å². The highest BCUT2D eigenvalue weighted by atomic mass is 16.6. The monoisotopic (exact) mass is 284 g/mol. The van der Waals surface area contributed by atoms with Crippen LogP contribution in [0.15, 0.2) is 36.4 Å². The van der Waals surface area contributed by atoms with Crippen LogP contribution in [-0.2, 0) is 0 Å². The number of hydrogen-bond acceptors (Lipinski definition) is 6. The van der Waals surface area contributed by atoms with Gasteiger partial charge in [-0.05, 0) is 12.1 Å². The van der Waals surface area contributed by atoms with E-state index in [9.17, 15) is 20.2 Å². The largest absolute Gasteiger partial charge is 0.397 e. The molecule has 0 amide bonds. The minimum atomic E-state index is -0.533. The summed E-state index contributed by atoms with van der Waals surface area (Å²) in [4.78, 5) is 25.0. The predicted octanol–water partition coefficient (Wildman–Crippen LogP) is 2.79. The fraction of sp³-hybridized carbons (Fsp3) is 0. The molecule has 0 aliphatic rings. The lowest BCUT2D eigenvalue weighted by Crippen LogP contribution is -1.98. The van der Waals surface area contributed by atoms with Crippen LogP contribution >= 0.6 is 0 Å². The highest BCUT2D eigenvalue weighted by Gasteiger charge is 2.18. The molecule has 1 heterocycles. The number of pyridine rings is 1. The van der Waals surface area contributed by atoms with E-state index in [1.165, 1.54) is 30.3 Å². The van der Waals surface area contributed by atoms with Gasteiger partial charge in [0, 0.05) is 23.6 Å². The zero-order valence-electron chi connectivity index (χ0n) is 10.5. The highest BCUT2D eigenvalue weighted by Crippen LogP contribution is 2.35. The van der Waals surface area contributed by atoms with Gasteiger partial charge < -0.3 is 5.73 Å². The summed E-state index contributed by atoms with van der Waals surface area (Å²) >= 11 is 0. The maximum absolute atomic E-state index is 11.1. The number of nitrogens with zero attached hydrogens (tertiary/aromatic N) is 3. The fourth-order valence-electron chi connectivity index (χ4n) is 2.27. The molecule has 0 saturated heterocycles. The van der Waals surface area contributed by atoms with Gasteiger partial charge in [0.25, 0.3) is 11.4 Å². The minimum absolute atomic E-state index is 0.112. The number of fused-ring (bicyclic) bond motifs is 2. The smallest absolute Gasteiger partial charge is 0.280 e. The summed E-state index contributed by atoms with van der Waals surface area (Å²) in [6, 6.07) is 8.46. The number of hydrogen-bond donors (Lipinski definition) is 1. The fourth-order valence-corrected chi connectivity index (χ4v) is 2.27. The first-order chi connectivity index (χ1) is 9.99. The third-order valence-electron chi connectivity index (χ3n) is 3.21. The summed E-state index contributed by atoms with van der Waals surface area (Å²) in [7, 11) is 0. The van der Waals surface area contributed by atoms with Crippen molar-refractivity contribution in [1.29, 1.82) is 0 Å². The molecule has 2 N–H and O–H groups in total. The lowest BCUT2D eigenvalue weighted by Gasteiger charge is -2.07. The van der Waals surface area contributed by atoms with E-state index in [1.54, 1.807) is 6.07 Å². The first kappa shape index (κ1) is 12.7. The summed E-state index contributed by atoms with van der Waals surface area (Å²) < 4.78 is 0. The van der Waals surface area contributed by atoms with E-state index in [-0.39, 0.29) is 22.4 Å². The highest BCUT2D eigenvalue weighted by molar-refractivity contribution is 6.10. The quantitative estimate of drug-likeness (QED) is 0.438. The molecule has 0 fully saturated rings. The maximum Gasteiger partial charge on any atom is 0.280 e. The second-order valence-corrected chi connectivity index (χ2v) is 4.41. The van der Waals surface area contributed by atoms with Crippen LogP contribution in [0.4, 0.5) is 17.1 Å². The van der Waals surface area contributed by atoms with Gasteiger partial charge in [-0.2, -0.15) is 0 Å². The molecule has 0 aliphatic heterocycles. The molecule has 0 bridgehead atoms. The molecule has 0 spiro atoms. The third kappa shape index (κ3) is 1.89. The number of rotatable bonds is 2. The first-order valence-electron chi connectivity index (χ1n) is 5.90. The molecule has 0 saturated carbocycles. The van der Waals surface area contributed by atoms with Crippen LogP contribution in [0, 0.1) is 20.2 Å². The second-order valence-electron chi connectivity index (χ2n) is 4.41. The number of nitrogen functional groups attached to an aromatic ring is 1. The molecule has 1 aromatic heterocycles. The Labute approximate surface area is 117 Å². The number of nitro benzene ring substituents is 2. The van der Waals surface area contributed by atoms with Crippen molar-refractivity contribution in [2.45, 2.75) is 0 Å². The Hall–Kier alpha value is -3.29. The van der Waals surface area contributed by atoms with E-state index in [0.29, 0.717) is 16.4 Å².